The zero-order valence-corrected chi connectivity index (χ0v) is 11.6. The molecule has 0 saturated heterocycles. The Bertz CT molecular complexity index is 549. The lowest BCUT2D eigenvalue weighted by Gasteiger charge is -2.31. The quantitative estimate of drug-likeness (QED) is 0.873. The fourth-order valence-electron chi connectivity index (χ4n) is 3.30. The van der Waals surface area contributed by atoms with E-state index in [4.69, 9.17) is 17.3 Å². The molecule has 1 fully saturated rings. The van der Waals surface area contributed by atoms with Crippen molar-refractivity contribution in [1.29, 1.82) is 0 Å². The van der Waals surface area contributed by atoms with Crippen LogP contribution in [-0.4, -0.2) is 6.04 Å². The van der Waals surface area contributed by atoms with Crippen LogP contribution >= 0.6 is 11.6 Å². The second kappa shape index (κ2) is 4.99. The molecular formula is C17H18ClN. The van der Waals surface area contributed by atoms with Gasteiger partial charge >= 0.3 is 0 Å². The number of hydrogen-bond acceptors (Lipinski definition) is 1. The summed E-state index contributed by atoms with van der Waals surface area (Å²) >= 11 is 6.01. The highest BCUT2D eigenvalue weighted by Gasteiger charge is 2.40. The highest BCUT2D eigenvalue weighted by Crippen LogP contribution is 2.46. The Morgan fingerprint density at radius 2 is 1.58 bits per heavy atom. The van der Waals surface area contributed by atoms with E-state index < -0.39 is 0 Å². The molecule has 0 amide bonds. The molecular weight excluding hydrogens is 254 g/mol. The molecule has 0 aromatic heterocycles. The number of benzene rings is 2. The molecule has 0 heterocycles. The molecule has 1 aliphatic rings. The Morgan fingerprint density at radius 1 is 0.947 bits per heavy atom. The molecule has 1 nitrogen and oxygen atoms in total. The van der Waals surface area contributed by atoms with E-state index in [2.05, 4.69) is 42.5 Å². The van der Waals surface area contributed by atoms with E-state index in [0.29, 0.717) is 0 Å². The fraction of sp³-hybridized carbons (Fsp3) is 0.294. The van der Waals surface area contributed by atoms with Gasteiger partial charge in [-0.2, -0.15) is 0 Å². The molecule has 0 unspecified atom stereocenters. The predicted molar refractivity (Wildman–Crippen MR) is 80.5 cm³/mol. The van der Waals surface area contributed by atoms with Crippen molar-refractivity contribution in [2.24, 2.45) is 5.73 Å². The molecule has 2 aromatic carbocycles. The first-order valence-corrected chi connectivity index (χ1v) is 7.16. The summed E-state index contributed by atoms with van der Waals surface area (Å²) in [4.78, 5) is 0. The lowest BCUT2D eigenvalue weighted by molar-refractivity contribution is 0.524. The molecule has 3 rings (SSSR count). The topological polar surface area (TPSA) is 26.0 Å². The summed E-state index contributed by atoms with van der Waals surface area (Å²) in [6.45, 7) is 0. The van der Waals surface area contributed by atoms with Gasteiger partial charge in [0.15, 0.2) is 0 Å². The maximum Gasteiger partial charge on any atom is 0.0406 e. The van der Waals surface area contributed by atoms with Crippen LogP contribution < -0.4 is 5.73 Å². The summed E-state index contributed by atoms with van der Waals surface area (Å²) in [5, 5.41) is 0.786. The minimum absolute atomic E-state index is 0.0608. The van der Waals surface area contributed by atoms with Crippen LogP contribution in [0.5, 0.6) is 0 Å². The van der Waals surface area contributed by atoms with Crippen LogP contribution in [0.25, 0.3) is 0 Å². The van der Waals surface area contributed by atoms with Gasteiger partial charge in [0.1, 0.15) is 0 Å². The van der Waals surface area contributed by atoms with Gasteiger partial charge in [0.2, 0.25) is 0 Å². The third kappa shape index (κ3) is 2.29. The second-order valence-electron chi connectivity index (χ2n) is 5.46. The number of hydrogen-bond donors (Lipinski definition) is 1. The smallest absolute Gasteiger partial charge is 0.0406 e. The van der Waals surface area contributed by atoms with Gasteiger partial charge in [0.25, 0.3) is 0 Å². The summed E-state index contributed by atoms with van der Waals surface area (Å²) in [5.74, 6) is 0. The summed E-state index contributed by atoms with van der Waals surface area (Å²) in [7, 11) is 0. The van der Waals surface area contributed by atoms with Crippen molar-refractivity contribution in [3.05, 3.63) is 70.7 Å². The average Bonchev–Trinajstić information content (AvgIpc) is 2.84. The van der Waals surface area contributed by atoms with Gasteiger partial charge in [-0.25, -0.2) is 0 Å². The van der Waals surface area contributed by atoms with E-state index in [0.717, 1.165) is 24.3 Å². The Labute approximate surface area is 119 Å². The SMILES string of the molecule is N[C@@H]1CC[C@](c2ccccc2)(c2ccc(Cl)cc2)C1. The number of halogens is 1. The average molecular weight is 272 g/mol. The normalized spacial score (nSPS) is 26.5. The van der Waals surface area contributed by atoms with Crippen molar-refractivity contribution in [2.75, 3.05) is 0 Å². The molecule has 1 aliphatic carbocycles. The van der Waals surface area contributed by atoms with Gasteiger partial charge in [-0.05, 0) is 42.5 Å². The van der Waals surface area contributed by atoms with Crippen molar-refractivity contribution in [2.45, 2.75) is 30.7 Å². The minimum Gasteiger partial charge on any atom is -0.328 e. The zero-order chi connectivity index (χ0) is 13.3. The van der Waals surface area contributed by atoms with Gasteiger partial charge in [0.05, 0.1) is 0 Å². The molecule has 0 radical (unpaired) electrons. The first kappa shape index (κ1) is 12.7. The van der Waals surface area contributed by atoms with E-state index in [-0.39, 0.29) is 11.5 Å². The third-order valence-electron chi connectivity index (χ3n) is 4.28. The van der Waals surface area contributed by atoms with E-state index in [1.54, 1.807) is 0 Å². The van der Waals surface area contributed by atoms with Gasteiger partial charge < -0.3 is 5.73 Å². The molecule has 1 saturated carbocycles. The molecule has 0 bridgehead atoms. The Balaban J connectivity index is 2.10. The molecule has 0 aliphatic heterocycles. The first-order chi connectivity index (χ1) is 9.21. The van der Waals surface area contributed by atoms with Gasteiger partial charge in [-0.3, -0.25) is 0 Å². The molecule has 98 valence electrons. The van der Waals surface area contributed by atoms with E-state index >= 15 is 0 Å². The van der Waals surface area contributed by atoms with Gasteiger partial charge in [-0.15, -0.1) is 0 Å². The summed E-state index contributed by atoms with van der Waals surface area (Å²) < 4.78 is 0. The Morgan fingerprint density at radius 3 is 2.16 bits per heavy atom. The highest BCUT2D eigenvalue weighted by atomic mass is 35.5. The fourth-order valence-corrected chi connectivity index (χ4v) is 3.43. The van der Waals surface area contributed by atoms with Crippen LogP contribution in [0.3, 0.4) is 0 Å². The maximum absolute atomic E-state index is 6.19. The zero-order valence-electron chi connectivity index (χ0n) is 10.9. The predicted octanol–water partition coefficient (Wildman–Crippen LogP) is 4.14. The van der Waals surface area contributed by atoms with Crippen molar-refractivity contribution in [3.8, 4) is 0 Å². The molecule has 19 heavy (non-hydrogen) atoms. The van der Waals surface area contributed by atoms with Gasteiger partial charge in [0, 0.05) is 16.5 Å². The molecule has 2 aromatic rings. The van der Waals surface area contributed by atoms with Crippen molar-refractivity contribution >= 4 is 11.6 Å². The molecule has 2 N–H and O–H groups in total. The van der Waals surface area contributed by atoms with Crippen LogP contribution in [0, 0.1) is 0 Å². The molecule has 2 atom stereocenters. The number of nitrogens with two attached hydrogens (primary N) is 1. The van der Waals surface area contributed by atoms with Crippen LogP contribution in [-0.2, 0) is 5.41 Å². The van der Waals surface area contributed by atoms with Crippen LogP contribution in [0.1, 0.15) is 30.4 Å². The third-order valence-corrected chi connectivity index (χ3v) is 4.53. The first-order valence-electron chi connectivity index (χ1n) is 6.78. The van der Waals surface area contributed by atoms with E-state index in [1.165, 1.54) is 11.1 Å². The van der Waals surface area contributed by atoms with Crippen LogP contribution in [0.15, 0.2) is 54.6 Å². The Hall–Kier alpha value is -1.31. The van der Waals surface area contributed by atoms with Crippen molar-refractivity contribution < 1.29 is 0 Å². The summed E-state index contributed by atoms with van der Waals surface area (Å²) in [5.41, 5.74) is 8.95. The van der Waals surface area contributed by atoms with Crippen molar-refractivity contribution in [1.82, 2.24) is 0 Å². The largest absolute Gasteiger partial charge is 0.328 e. The maximum atomic E-state index is 6.19. The summed E-state index contributed by atoms with van der Waals surface area (Å²) in [6.07, 6.45) is 3.20. The monoisotopic (exact) mass is 271 g/mol. The second-order valence-corrected chi connectivity index (χ2v) is 5.89. The number of rotatable bonds is 2. The van der Waals surface area contributed by atoms with Crippen LogP contribution in [0.2, 0.25) is 5.02 Å². The molecule has 0 spiro atoms. The Kier molecular flexibility index (Phi) is 3.34. The van der Waals surface area contributed by atoms with E-state index in [9.17, 15) is 0 Å². The standard InChI is InChI=1S/C17H18ClN/c18-15-8-6-14(7-9-15)17(11-10-16(19)12-17)13-4-2-1-3-5-13/h1-9,16H,10-12,19H2/t16-,17+/m1/s1. The summed E-state index contributed by atoms with van der Waals surface area (Å²) in [6, 6.07) is 19.2. The molecule has 2 heteroatoms. The van der Waals surface area contributed by atoms with Crippen molar-refractivity contribution in [3.63, 3.8) is 0 Å². The van der Waals surface area contributed by atoms with Crippen LogP contribution in [0.4, 0.5) is 0 Å². The minimum atomic E-state index is 0.0608. The lowest BCUT2D eigenvalue weighted by Crippen LogP contribution is -2.27. The van der Waals surface area contributed by atoms with E-state index in [1.807, 2.05) is 12.1 Å². The lowest BCUT2D eigenvalue weighted by atomic mass is 9.73. The van der Waals surface area contributed by atoms with Gasteiger partial charge in [-0.1, -0.05) is 54.1 Å². The highest BCUT2D eigenvalue weighted by molar-refractivity contribution is 6.30.